The first-order chi connectivity index (χ1) is 14.8. The topological polar surface area (TPSA) is 26.7 Å². The standard InChI is InChI=1S/C27H30N2O/c30-25-14-11-21(12-15-25)19-28-17-18-29-20-24(28)13-16-26(29)27(22-7-3-1-4-8-22)23-9-5-2-6-10-23/h1-12,14-15,24,26-27,30H,13,16-20H2/t24-,26-/m1/s1. The molecule has 2 fully saturated rings. The first-order valence-corrected chi connectivity index (χ1v) is 11.1. The zero-order valence-corrected chi connectivity index (χ0v) is 17.4. The van der Waals surface area contributed by atoms with Crippen molar-refractivity contribution < 1.29 is 5.11 Å². The van der Waals surface area contributed by atoms with Crippen molar-refractivity contribution in [3.05, 3.63) is 102 Å². The minimum absolute atomic E-state index is 0.344. The van der Waals surface area contributed by atoms with Gasteiger partial charge in [-0.2, -0.15) is 0 Å². The van der Waals surface area contributed by atoms with Crippen LogP contribution in [-0.4, -0.2) is 46.6 Å². The van der Waals surface area contributed by atoms with E-state index in [4.69, 9.17) is 0 Å². The van der Waals surface area contributed by atoms with Gasteiger partial charge in [-0.15, -0.1) is 0 Å². The Balaban J connectivity index is 1.34. The van der Waals surface area contributed by atoms with Crippen molar-refractivity contribution in [2.24, 2.45) is 0 Å². The predicted octanol–water partition coefficient (Wildman–Crippen LogP) is 4.87. The van der Waals surface area contributed by atoms with Gasteiger partial charge in [-0.25, -0.2) is 0 Å². The number of fused-ring (bicyclic) bond motifs is 2. The second kappa shape index (κ2) is 8.63. The van der Waals surface area contributed by atoms with Crippen molar-refractivity contribution in [3.8, 4) is 5.75 Å². The molecular weight excluding hydrogens is 368 g/mol. The molecule has 0 spiro atoms. The third kappa shape index (κ3) is 4.00. The van der Waals surface area contributed by atoms with Crippen LogP contribution in [0.1, 0.15) is 35.4 Å². The number of benzene rings is 3. The molecule has 3 heteroatoms. The third-order valence-corrected chi connectivity index (χ3v) is 6.92. The molecule has 0 amide bonds. The smallest absolute Gasteiger partial charge is 0.115 e. The van der Waals surface area contributed by atoms with Crippen molar-refractivity contribution in [2.75, 3.05) is 19.6 Å². The second-order valence-corrected chi connectivity index (χ2v) is 8.73. The van der Waals surface area contributed by atoms with E-state index in [0.717, 1.165) is 26.2 Å². The average Bonchev–Trinajstić information content (AvgIpc) is 2.80. The molecule has 0 aliphatic carbocycles. The lowest BCUT2D eigenvalue weighted by atomic mass is 9.79. The summed E-state index contributed by atoms with van der Waals surface area (Å²) in [6.07, 6.45) is 2.47. The summed E-state index contributed by atoms with van der Waals surface area (Å²) in [5.74, 6) is 0.772. The molecule has 30 heavy (non-hydrogen) atoms. The number of phenolic OH excluding ortho intramolecular Hbond substituents is 1. The van der Waals surface area contributed by atoms with Crippen molar-refractivity contribution in [2.45, 2.75) is 37.4 Å². The van der Waals surface area contributed by atoms with Gasteiger partial charge < -0.3 is 5.11 Å². The number of piperidine rings is 1. The second-order valence-electron chi connectivity index (χ2n) is 8.73. The highest BCUT2D eigenvalue weighted by atomic mass is 16.3. The Morgan fingerprint density at radius 3 is 2.03 bits per heavy atom. The number of aromatic hydroxyl groups is 1. The van der Waals surface area contributed by atoms with E-state index in [1.54, 1.807) is 12.1 Å². The fraction of sp³-hybridized carbons (Fsp3) is 0.333. The Labute approximate surface area is 179 Å². The Hall–Kier alpha value is -2.62. The van der Waals surface area contributed by atoms with Gasteiger partial charge in [0.2, 0.25) is 0 Å². The van der Waals surface area contributed by atoms with Gasteiger partial charge in [0.1, 0.15) is 5.75 Å². The van der Waals surface area contributed by atoms with Gasteiger partial charge in [0, 0.05) is 44.2 Å². The molecule has 2 aliphatic heterocycles. The van der Waals surface area contributed by atoms with Gasteiger partial charge >= 0.3 is 0 Å². The highest BCUT2D eigenvalue weighted by Crippen LogP contribution is 2.38. The maximum Gasteiger partial charge on any atom is 0.115 e. The summed E-state index contributed by atoms with van der Waals surface area (Å²) in [5, 5.41) is 9.55. The molecule has 5 rings (SSSR count). The van der Waals surface area contributed by atoms with E-state index in [-0.39, 0.29) is 0 Å². The SMILES string of the molecule is Oc1ccc(CN2CCN3C[C@H]2CC[C@@H]3C(c2ccccc2)c2ccccc2)cc1. The Kier molecular flexibility index (Phi) is 5.56. The Bertz CT molecular complexity index is 902. The zero-order valence-electron chi connectivity index (χ0n) is 17.4. The number of piperazine rings is 1. The highest BCUT2D eigenvalue weighted by molar-refractivity contribution is 5.35. The van der Waals surface area contributed by atoms with Crippen molar-refractivity contribution >= 4 is 0 Å². The van der Waals surface area contributed by atoms with E-state index in [0.29, 0.717) is 23.8 Å². The average molecular weight is 399 g/mol. The minimum Gasteiger partial charge on any atom is -0.508 e. The molecule has 0 radical (unpaired) electrons. The first kappa shape index (κ1) is 19.3. The molecule has 2 bridgehead atoms. The van der Waals surface area contributed by atoms with Gasteiger partial charge in [-0.05, 0) is 41.7 Å². The molecule has 3 aromatic rings. The molecule has 154 valence electrons. The molecule has 1 N–H and O–H groups in total. The van der Waals surface area contributed by atoms with Crippen molar-refractivity contribution in [3.63, 3.8) is 0 Å². The van der Waals surface area contributed by atoms with Crippen LogP contribution < -0.4 is 0 Å². The molecule has 2 aliphatic rings. The number of hydrogen-bond acceptors (Lipinski definition) is 3. The van der Waals surface area contributed by atoms with Crippen LogP contribution in [-0.2, 0) is 6.54 Å². The third-order valence-electron chi connectivity index (χ3n) is 6.92. The summed E-state index contributed by atoms with van der Waals surface area (Å²) in [6, 6.07) is 31.0. The van der Waals surface area contributed by atoms with Crippen LogP contribution in [0.2, 0.25) is 0 Å². The fourth-order valence-electron chi connectivity index (χ4n) is 5.42. The van der Waals surface area contributed by atoms with E-state index in [1.165, 1.54) is 29.5 Å². The van der Waals surface area contributed by atoms with E-state index in [9.17, 15) is 5.11 Å². The summed E-state index contributed by atoms with van der Waals surface area (Å²) < 4.78 is 0. The fourth-order valence-corrected chi connectivity index (χ4v) is 5.42. The van der Waals surface area contributed by atoms with Gasteiger partial charge in [-0.3, -0.25) is 9.80 Å². The van der Waals surface area contributed by atoms with Crippen LogP contribution in [0.5, 0.6) is 5.75 Å². The predicted molar refractivity (Wildman–Crippen MR) is 122 cm³/mol. The molecule has 0 saturated carbocycles. The quantitative estimate of drug-likeness (QED) is 0.664. The molecule has 2 heterocycles. The molecule has 2 saturated heterocycles. The van der Waals surface area contributed by atoms with Crippen LogP contribution >= 0.6 is 0 Å². The maximum atomic E-state index is 9.55. The van der Waals surface area contributed by atoms with Gasteiger partial charge in [0.25, 0.3) is 0 Å². The zero-order chi connectivity index (χ0) is 20.3. The van der Waals surface area contributed by atoms with Gasteiger partial charge in [0.05, 0.1) is 0 Å². The maximum absolute atomic E-state index is 9.55. The Morgan fingerprint density at radius 1 is 0.767 bits per heavy atom. The summed E-state index contributed by atoms with van der Waals surface area (Å²) in [6.45, 7) is 4.36. The van der Waals surface area contributed by atoms with E-state index < -0.39 is 0 Å². The summed E-state index contributed by atoms with van der Waals surface area (Å²) in [4.78, 5) is 5.38. The van der Waals surface area contributed by atoms with E-state index >= 15 is 0 Å². The van der Waals surface area contributed by atoms with Crippen LogP contribution in [0.4, 0.5) is 0 Å². The summed E-state index contributed by atoms with van der Waals surface area (Å²) in [7, 11) is 0. The summed E-state index contributed by atoms with van der Waals surface area (Å²) in [5.41, 5.74) is 4.15. The monoisotopic (exact) mass is 398 g/mol. The highest BCUT2D eigenvalue weighted by Gasteiger charge is 2.39. The van der Waals surface area contributed by atoms with Crippen molar-refractivity contribution in [1.82, 2.24) is 9.80 Å². The lowest BCUT2D eigenvalue weighted by Crippen LogP contribution is -2.60. The lowest BCUT2D eigenvalue weighted by molar-refractivity contribution is -0.00356. The number of phenols is 1. The van der Waals surface area contributed by atoms with Gasteiger partial charge in [0.15, 0.2) is 0 Å². The van der Waals surface area contributed by atoms with Crippen LogP contribution in [0.3, 0.4) is 0 Å². The largest absolute Gasteiger partial charge is 0.508 e. The molecule has 3 nitrogen and oxygen atoms in total. The normalized spacial score (nSPS) is 24.1. The molecule has 0 aromatic heterocycles. The van der Waals surface area contributed by atoms with Crippen molar-refractivity contribution in [1.29, 1.82) is 0 Å². The van der Waals surface area contributed by atoms with E-state index in [1.807, 2.05) is 12.1 Å². The molecule has 3 atom stereocenters. The van der Waals surface area contributed by atoms with Crippen LogP contribution in [0, 0.1) is 0 Å². The Morgan fingerprint density at radius 2 is 1.40 bits per heavy atom. The van der Waals surface area contributed by atoms with E-state index in [2.05, 4.69) is 70.5 Å². The van der Waals surface area contributed by atoms with Gasteiger partial charge in [-0.1, -0.05) is 72.8 Å². The number of hydrogen-bond donors (Lipinski definition) is 1. The number of nitrogens with zero attached hydrogens (tertiary/aromatic N) is 2. The molecule has 1 unspecified atom stereocenters. The number of rotatable bonds is 5. The minimum atomic E-state index is 0.344. The van der Waals surface area contributed by atoms with Crippen LogP contribution in [0.15, 0.2) is 84.9 Å². The first-order valence-electron chi connectivity index (χ1n) is 11.1. The lowest BCUT2D eigenvalue weighted by Gasteiger charge is -2.51. The molecular formula is C27H30N2O. The summed E-state index contributed by atoms with van der Waals surface area (Å²) >= 11 is 0. The van der Waals surface area contributed by atoms with Crippen LogP contribution in [0.25, 0.3) is 0 Å². The molecule has 3 aromatic carbocycles.